The molecule has 1 aromatic rings. The summed E-state index contributed by atoms with van der Waals surface area (Å²) in [6.45, 7) is 1.91. The second-order valence-corrected chi connectivity index (χ2v) is 7.44. The van der Waals surface area contributed by atoms with Gasteiger partial charge in [-0.3, -0.25) is 9.69 Å². The maximum Gasteiger partial charge on any atom is 0.234 e. The zero-order valence-electron chi connectivity index (χ0n) is 15.2. The summed E-state index contributed by atoms with van der Waals surface area (Å²) in [6.07, 6.45) is 7.27. The third-order valence-corrected chi connectivity index (χ3v) is 5.65. The fourth-order valence-corrected chi connectivity index (χ4v) is 3.99. The number of hydrogen-bond donors (Lipinski definition) is 2. The van der Waals surface area contributed by atoms with Crippen molar-refractivity contribution in [2.75, 3.05) is 26.7 Å². The Kier molecular flexibility index (Phi) is 5.97. The van der Waals surface area contributed by atoms with Crippen LogP contribution in [0, 0.1) is 0 Å². The number of carbonyl (C=O) groups is 1. The van der Waals surface area contributed by atoms with Crippen LogP contribution in [0.15, 0.2) is 24.3 Å². The van der Waals surface area contributed by atoms with Crippen molar-refractivity contribution in [3.8, 4) is 5.75 Å². The lowest BCUT2D eigenvalue weighted by molar-refractivity contribution is -0.124. The Labute approximate surface area is 150 Å². The largest absolute Gasteiger partial charge is 0.497 e. The third kappa shape index (κ3) is 4.73. The van der Waals surface area contributed by atoms with Crippen molar-refractivity contribution in [1.82, 2.24) is 10.2 Å². The SMILES string of the molecule is COc1ccc(C2(O)CCN(CC(=O)NC3CCCCC3)CC2)cc1. The fraction of sp³-hybridized carbons (Fsp3) is 0.650. The van der Waals surface area contributed by atoms with Crippen LogP contribution in [0.25, 0.3) is 0 Å². The average molecular weight is 346 g/mol. The van der Waals surface area contributed by atoms with E-state index in [0.29, 0.717) is 25.4 Å². The first-order chi connectivity index (χ1) is 12.1. The van der Waals surface area contributed by atoms with Crippen LogP contribution in [0.2, 0.25) is 0 Å². The number of methoxy groups -OCH3 is 1. The smallest absolute Gasteiger partial charge is 0.234 e. The van der Waals surface area contributed by atoms with Gasteiger partial charge in [0.05, 0.1) is 19.3 Å². The Morgan fingerprint density at radius 1 is 1.20 bits per heavy atom. The predicted molar refractivity (Wildman–Crippen MR) is 97.6 cm³/mol. The Balaban J connectivity index is 1.47. The molecule has 2 aliphatic rings. The van der Waals surface area contributed by atoms with E-state index in [0.717, 1.165) is 37.2 Å². The van der Waals surface area contributed by atoms with E-state index in [1.54, 1.807) is 7.11 Å². The monoisotopic (exact) mass is 346 g/mol. The number of likely N-dealkylation sites (tertiary alicyclic amines) is 1. The molecule has 1 amide bonds. The van der Waals surface area contributed by atoms with E-state index in [-0.39, 0.29) is 5.91 Å². The molecule has 2 N–H and O–H groups in total. The number of nitrogens with zero attached hydrogens (tertiary/aromatic N) is 1. The summed E-state index contributed by atoms with van der Waals surface area (Å²) in [5.41, 5.74) is 0.127. The van der Waals surface area contributed by atoms with Gasteiger partial charge in [-0.1, -0.05) is 31.4 Å². The van der Waals surface area contributed by atoms with Crippen molar-refractivity contribution < 1.29 is 14.6 Å². The first-order valence-electron chi connectivity index (χ1n) is 9.48. The first-order valence-corrected chi connectivity index (χ1v) is 9.48. The van der Waals surface area contributed by atoms with Gasteiger partial charge in [0.15, 0.2) is 0 Å². The summed E-state index contributed by atoms with van der Waals surface area (Å²) < 4.78 is 5.18. The molecule has 1 saturated carbocycles. The Morgan fingerprint density at radius 3 is 2.44 bits per heavy atom. The molecule has 2 fully saturated rings. The molecule has 25 heavy (non-hydrogen) atoms. The number of aliphatic hydroxyl groups is 1. The highest BCUT2D eigenvalue weighted by Crippen LogP contribution is 2.33. The molecule has 1 aliphatic heterocycles. The lowest BCUT2D eigenvalue weighted by atomic mass is 9.84. The van der Waals surface area contributed by atoms with Crippen LogP contribution >= 0.6 is 0 Å². The van der Waals surface area contributed by atoms with E-state index in [9.17, 15) is 9.90 Å². The number of hydrogen-bond acceptors (Lipinski definition) is 4. The van der Waals surface area contributed by atoms with Gasteiger partial charge in [0.25, 0.3) is 0 Å². The van der Waals surface area contributed by atoms with Gasteiger partial charge in [-0.15, -0.1) is 0 Å². The van der Waals surface area contributed by atoms with Crippen LogP contribution < -0.4 is 10.1 Å². The Hall–Kier alpha value is -1.59. The summed E-state index contributed by atoms with van der Waals surface area (Å²) in [4.78, 5) is 14.4. The molecule has 1 heterocycles. The number of nitrogens with one attached hydrogen (secondary N) is 1. The molecule has 5 nitrogen and oxygen atoms in total. The van der Waals surface area contributed by atoms with Crippen LogP contribution in [0.1, 0.15) is 50.5 Å². The molecule has 3 rings (SSSR count). The van der Waals surface area contributed by atoms with Gasteiger partial charge >= 0.3 is 0 Å². The number of benzene rings is 1. The molecule has 5 heteroatoms. The van der Waals surface area contributed by atoms with Crippen molar-refractivity contribution in [2.45, 2.75) is 56.6 Å². The maximum absolute atomic E-state index is 12.3. The normalized spacial score (nSPS) is 21.7. The molecule has 1 aromatic carbocycles. The minimum atomic E-state index is -0.803. The molecule has 0 bridgehead atoms. The van der Waals surface area contributed by atoms with E-state index >= 15 is 0 Å². The highest BCUT2D eigenvalue weighted by molar-refractivity contribution is 5.78. The van der Waals surface area contributed by atoms with Gasteiger partial charge in [-0.2, -0.15) is 0 Å². The fourth-order valence-electron chi connectivity index (χ4n) is 3.99. The van der Waals surface area contributed by atoms with Crippen molar-refractivity contribution in [3.63, 3.8) is 0 Å². The van der Waals surface area contributed by atoms with E-state index in [2.05, 4.69) is 10.2 Å². The summed E-state index contributed by atoms with van der Waals surface area (Å²) in [6, 6.07) is 8.01. The van der Waals surface area contributed by atoms with Gasteiger partial charge in [0.1, 0.15) is 5.75 Å². The summed E-state index contributed by atoms with van der Waals surface area (Å²) >= 11 is 0. The van der Waals surface area contributed by atoms with Gasteiger partial charge in [-0.05, 0) is 43.4 Å². The van der Waals surface area contributed by atoms with Gasteiger partial charge in [-0.25, -0.2) is 0 Å². The number of carbonyl (C=O) groups excluding carboxylic acids is 1. The highest BCUT2D eigenvalue weighted by atomic mass is 16.5. The van der Waals surface area contributed by atoms with E-state index in [4.69, 9.17) is 4.74 Å². The third-order valence-electron chi connectivity index (χ3n) is 5.65. The van der Waals surface area contributed by atoms with Gasteiger partial charge in [0.2, 0.25) is 5.91 Å². The molecular formula is C20H30N2O3. The first kappa shape index (κ1) is 18.2. The van der Waals surface area contributed by atoms with Crippen molar-refractivity contribution in [3.05, 3.63) is 29.8 Å². The number of rotatable bonds is 5. The molecule has 0 radical (unpaired) electrons. The number of piperidine rings is 1. The molecule has 0 spiro atoms. The second kappa shape index (κ2) is 8.19. The van der Waals surface area contributed by atoms with Gasteiger partial charge < -0.3 is 15.2 Å². The van der Waals surface area contributed by atoms with E-state index in [1.165, 1.54) is 19.3 Å². The lowest BCUT2D eigenvalue weighted by Crippen LogP contribution is -2.48. The molecule has 1 saturated heterocycles. The predicted octanol–water partition coefficient (Wildman–Crippen LogP) is 2.43. The van der Waals surface area contributed by atoms with E-state index in [1.807, 2.05) is 24.3 Å². The zero-order chi connectivity index (χ0) is 17.7. The maximum atomic E-state index is 12.3. The Morgan fingerprint density at radius 2 is 1.84 bits per heavy atom. The lowest BCUT2D eigenvalue weighted by Gasteiger charge is -2.38. The summed E-state index contributed by atoms with van der Waals surface area (Å²) in [7, 11) is 1.64. The minimum absolute atomic E-state index is 0.127. The van der Waals surface area contributed by atoms with Crippen molar-refractivity contribution in [1.29, 1.82) is 0 Å². The van der Waals surface area contributed by atoms with Crippen molar-refractivity contribution >= 4 is 5.91 Å². The van der Waals surface area contributed by atoms with Gasteiger partial charge in [0, 0.05) is 19.1 Å². The highest BCUT2D eigenvalue weighted by Gasteiger charge is 2.34. The van der Waals surface area contributed by atoms with Crippen molar-refractivity contribution in [2.24, 2.45) is 0 Å². The summed E-state index contributed by atoms with van der Waals surface area (Å²) in [5.74, 6) is 0.922. The molecule has 0 aromatic heterocycles. The molecule has 0 unspecified atom stereocenters. The molecular weight excluding hydrogens is 316 g/mol. The Bertz CT molecular complexity index is 559. The van der Waals surface area contributed by atoms with Crippen LogP contribution in [0.4, 0.5) is 0 Å². The van der Waals surface area contributed by atoms with Crippen LogP contribution in [0.3, 0.4) is 0 Å². The summed E-state index contributed by atoms with van der Waals surface area (Å²) in [5, 5.41) is 14.1. The van der Waals surface area contributed by atoms with Crippen LogP contribution in [-0.2, 0) is 10.4 Å². The minimum Gasteiger partial charge on any atom is -0.497 e. The van der Waals surface area contributed by atoms with Crippen LogP contribution in [-0.4, -0.2) is 48.7 Å². The standard InChI is InChI=1S/C20H30N2O3/c1-25-18-9-7-16(8-10-18)20(24)11-13-22(14-12-20)15-19(23)21-17-5-3-2-4-6-17/h7-10,17,24H,2-6,11-15H2,1H3,(H,21,23). The second-order valence-electron chi connectivity index (χ2n) is 7.44. The number of amides is 1. The topological polar surface area (TPSA) is 61.8 Å². The van der Waals surface area contributed by atoms with Crippen LogP contribution in [0.5, 0.6) is 5.75 Å². The number of ether oxygens (including phenoxy) is 1. The quantitative estimate of drug-likeness (QED) is 0.860. The van der Waals surface area contributed by atoms with E-state index < -0.39 is 5.60 Å². The molecule has 0 atom stereocenters. The molecule has 1 aliphatic carbocycles. The zero-order valence-corrected chi connectivity index (χ0v) is 15.2. The molecule has 138 valence electrons. The average Bonchev–Trinajstić information content (AvgIpc) is 2.64.